The van der Waals surface area contributed by atoms with E-state index >= 15 is 0 Å². The summed E-state index contributed by atoms with van der Waals surface area (Å²) in [4.78, 5) is 0. The van der Waals surface area contributed by atoms with E-state index in [0.717, 1.165) is 0 Å². The molecule has 59 valence electrons. The van der Waals surface area contributed by atoms with Gasteiger partial charge in [-0.15, -0.1) is 0 Å². The Labute approximate surface area is 69.3 Å². The smallest absolute Gasteiger partial charge is 0.0121 e. The van der Waals surface area contributed by atoms with Crippen molar-refractivity contribution in [2.45, 2.75) is 27.7 Å². The van der Waals surface area contributed by atoms with E-state index < -0.39 is 0 Å². The second kappa shape index (κ2) is 3.08. The summed E-state index contributed by atoms with van der Waals surface area (Å²) in [5.74, 6) is 0. The molecule has 0 nitrogen and oxygen atoms in total. The van der Waals surface area contributed by atoms with Crippen molar-refractivity contribution in [3.63, 3.8) is 0 Å². The van der Waals surface area contributed by atoms with E-state index in [1.165, 1.54) is 22.3 Å². The van der Waals surface area contributed by atoms with Gasteiger partial charge in [0, 0.05) is 0 Å². The Morgan fingerprint density at radius 2 is 1.64 bits per heavy atom. The summed E-state index contributed by atoms with van der Waals surface area (Å²) < 4.78 is 0. The van der Waals surface area contributed by atoms with Gasteiger partial charge in [0.05, 0.1) is 0 Å². The molecular weight excluding hydrogens is 132 g/mol. The van der Waals surface area contributed by atoms with Crippen LogP contribution in [0.1, 0.15) is 29.2 Å². The quantitative estimate of drug-likeness (QED) is 0.572. The molecule has 0 aliphatic carbocycles. The highest BCUT2D eigenvalue weighted by Gasteiger charge is 2.00. The van der Waals surface area contributed by atoms with Crippen LogP contribution < -0.4 is 0 Å². The molecule has 0 atom stereocenters. The summed E-state index contributed by atoms with van der Waals surface area (Å²) in [6.45, 7) is 8.59. The molecule has 1 aromatic carbocycles. The second-order valence-electron chi connectivity index (χ2n) is 3.01. The molecule has 0 amide bonds. The third kappa shape index (κ3) is 1.45. The fourth-order valence-corrected chi connectivity index (χ4v) is 1.29. The Balaban J connectivity index is 3.25. The van der Waals surface area contributed by atoms with E-state index in [2.05, 4.69) is 46.2 Å². The van der Waals surface area contributed by atoms with E-state index in [0.29, 0.717) is 0 Å². The van der Waals surface area contributed by atoms with Crippen LogP contribution in [0.25, 0.3) is 0 Å². The summed E-state index contributed by atoms with van der Waals surface area (Å²) in [5, 5.41) is 0. The zero-order chi connectivity index (χ0) is 8.43. The fourth-order valence-electron chi connectivity index (χ4n) is 1.29. The zero-order valence-electron chi connectivity index (χ0n) is 7.73. The van der Waals surface area contributed by atoms with E-state index in [4.69, 9.17) is 0 Å². The van der Waals surface area contributed by atoms with E-state index in [-0.39, 0.29) is 0 Å². The van der Waals surface area contributed by atoms with Crippen molar-refractivity contribution >= 4 is 0 Å². The monoisotopic (exact) mass is 147 g/mol. The summed E-state index contributed by atoms with van der Waals surface area (Å²) in [7, 11) is 0. The van der Waals surface area contributed by atoms with Gasteiger partial charge in [-0.1, -0.05) is 19.1 Å². The lowest BCUT2D eigenvalue weighted by molar-refractivity contribution is 1.22. The van der Waals surface area contributed by atoms with Crippen LogP contribution in [0.4, 0.5) is 0 Å². The lowest BCUT2D eigenvalue weighted by Crippen LogP contribution is -1.91. The Hall–Kier alpha value is -0.780. The number of aryl methyl sites for hydroxylation is 1. The third-order valence-electron chi connectivity index (χ3n) is 2.41. The van der Waals surface area contributed by atoms with Gasteiger partial charge in [-0.25, -0.2) is 0 Å². The molecule has 0 aromatic heterocycles. The highest BCUT2D eigenvalue weighted by Crippen LogP contribution is 2.17. The molecule has 0 aliphatic heterocycles. The maximum Gasteiger partial charge on any atom is -0.0121 e. The molecule has 0 fully saturated rings. The number of benzene rings is 1. The van der Waals surface area contributed by atoms with Gasteiger partial charge in [0.2, 0.25) is 0 Å². The highest BCUT2D eigenvalue weighted by molar-refractivity contribution is 5.41. The first-order valence-electron chi connectivity index (χ1n) is 4.03. The summed E-state index contributed by atoms with van der Waals surface area (Å²) >= 11 is 0. The minimum Gasteiger partial charge on any atom is -0.0588 e. The molecule has 1 aromatic rings. The van der Waals surface area contributed by atoms with E-state index in [1.54, 1.807) is 0 Å². The van der Waals surface area contributed by atoms with Crippen molar-refractivity contribution in [2.24, 2.45) is 0 Å². The second-order valence-corrected chi connectivity index (χ2v) is 3.01. The van der Waals surface area contributed by atoms with Crippen LogP contribution in [-0.4, -0.2) is 0 Å². The van der Waals surface area contributed by atoms with Gasteiger partial charge in [-0.05, 0) is 49.4 Å². The topological polar surface area (TPSA) is 0 Å². The first-order chi connectivity index (χ1) is 5.16. The normalized spacial score (nSPS) is 10.2. The zero-order valence-corrected chi connectivity index (χ0v) is 7.73. The molecule has 1 radical (unpaired) electrons. The summed E-state index contributed by atoms with van der Waals surface area (Å²) in [5.41, 5.74) is 5.56. The maximum absolute atomic E-state index is 2.18. The molecule has 0 N–H and O–H groups in total. The summed E-state index contributed by atoms with van der Waals surface area (Å²) in [6, 6.07) is 4.36. The number of rotatable bonds is 1. The average molecular weight is 147 g/mol. The molecule has 1 rings (SSSR count). The number of hydrogen-bond acceptors (Lipinski definition) is 0. The third-order valence-corrected chi connectivity index (χ3v) is 2.41. The summed E-state index contributed by atoms with van der Waals surface area (Å²) in [6.07, 6.45) is 2.15. The van der Waals surface area contributed by atoms with Crippen molar-refractivity contribution < 1.29 is 0 Å². The predicted octanol–water partition coefficient (Wildman–Crippen LogP) is 3.18. The van der Waals surface area contributed by atoms with Crippen LogP contribution in [0.15, 0.2) is 12.1 Å². The molecule has 0 spiro atoms. The van der Waals surface area contributed by atoms with Crippen LogP contribution in [0.3, 0.4) is 0 Å². The van der Waals surface area contributed by atoms with Gasteiger partial charge in [0.25, 0.3) is 0 Å². The van der Waals surface area contributed by atoms with Gasteiger partial charge in [0.15, 0.2) is 0 Å². The largest absolute Gasteiger partial charge is 0.0588 e. The molecule has 0 aliphatic rings. The van der Waals surface area contributed by atoms with Gasteiger partial charge in [-0.3, -0.25) is 0 Å². The molecule has 0 saturated carbocycles. The molecular formula is C11H15. The van der Waals surface area contributed by atoms with Crippen LogP contribution in [0, 0.1) is 27.2 Å². The molecule has 0 heteroatoms. The molecule has 11 heavy (non-hydrogen) atoms. The molecule has 0 unspecified atom stereocenters. The standard InChI is InChI=1S/C11H15/c1-5-11-7-6-8(2)9(3)10(11)4/h5-7H,1-4H3. The predicted molar refractivity (Wildman–Crippen MR) is 49.7 cm³/mol. The Kier molecular flexibility index (Phi) is 2.33. The minimum absolute atomic E-state index is 1.35. The average Bonchev–Trinajstić information content (AvgIpc) is 2.01. The van der Waals surface area contributed by atoms with Crippen LogP contribution in [0.5, 0.6) is 0 Å². The molecule has 0 heterocycles. The first-order valence-corrected chi connectivity index (χ1v) is 4.03. The highest BCUT2D eigenvalue weighted by atomic mass is 14.1. The maximum atomic E-state index is 2.18. The molecule has 0 bridgehead atoms. The lowest BCUT2D eigenvalue weighted by atomic mass is 9.98. The fraction of sp³-hybridized carbons (Fsp3) is 0.364. The van der Waals surface area contributed by atoms with Crippen molar-refractivity contribution in [2.75, 3.05) is 0 Å². The van der Waals surface area contributed by atoms with Gasteiger partial charge in [0.1, 0.15) is 0 Å². The van der Waals surface area contributed by atoms with Crippen LogP contribution in [0.2, 0.25) is 0 Å². The molecule has 0 saturated heterocycles. The minimum atomic E-state index is 1.35. The lowest BCUT2D eigenvalue weighted by Gasteiger charge is -2.08. The van der Waals surface area contributed by atoms with Crippen molar-refractivity contribution in [3.8, 4) is 0 Å². The van der Waals surface area contributed by atoms with Crippen molar-refractivity contribution in [1.29, 1.82) is 0 Å². The van der Waals surface area contributed by atoms with Gasteiger partial charge in [-0.2, -0.15) is 0 Å². The Morgan fingerprint density at radius 1 is 1.00 bits per heavy atom. The van der Waals surface area contributed by atoms with Crippen LogP contribution in [-0.2, 0) is 0 Å². The van der Waals surface area contributed by atoms with Crippen molar-refractivity contribution in [3.05, 3.63) is 40.8 Å². The SMILES string of the molecule is C[CH]c1ccc(C)c(C)c1C. The van der Waals surface area contributed by atoms with Gasteiger partial charge < -0.3 is 0 Å². The number of hydrogen-bond donors (Lipinski definition) is 0. The van der Waals surface area contributed by atoms with E-state index in [9.17, 15) is 0 Å². The van der Waals surface area contributed by atoms with E-state index in [1.807, 2.05) is 0 Å². The van der Waals surface area contributed by atoms with Crippen molar-refractivity contribution in [1.82, 2.24) is 0 Å². The first kappa shape index (κ1) is 8.32. The van der Waals surface area contributed by atoms with Gasteiger partial charge >= 0.3 is 0 Å². The van der Waals surface area contributed by atoms with Crippen LogP contribution >= 0.6 is 0 Å². The Morgan fingerprint density at radius 3 is 2.18 bits per heavy atom. The Bertz CT molecular complexity index is 259.